The largest absolute Gasteiger partial charge is 0.289 e. The number of pyridine rings is 1. The number of nitrogens with zero attached hydrogens (tertiary/aromatic N) is 1. The van der Waals surface area contributed by atoms with Crippen molar-refractivity contribution >= 4 is 17.5 Å². The number of benzene rings is 1. The molecule has 0 unspecified atom stereocenters. The number of halogens is 1. The van der Waals surface area contributed by atoms with Gasteiger partial charge in [-0.3, -0.25) is 4.79 Å². The second-order valence-corrected chi connectivity index (χ2v) is 4.39. The van der Waals surface area contributed by atoms with Crippen LogP contribution in [0.15, 0.2) is 65.2 Å². The topological polar surface area (TPSA) is 30.0 Å². The number of aromatic nitrogens is 1. The van der Waals surface area contributed by atoms with E-state index in [-0.39, 0.29) is 11.6 Å². The van der Waals surface area contributed by atoms with Crippen LogP contribution in [0.3, 0.4) is 0 Å². The van der Waals surface area contributed by atoms with Gasteiger partial charge in [0.1, 0.15) is 10.8 Å². The van der Waals surface area contributed by atoms with Crippen LogP contribution < -0.4 is 0 Å². The molecule has 90 valence electrons. The van der Waals surface area contributed by atoms with Crippen LogP contribution in [0.25, 0.3) is 0 Å². The molecule has 0 saturated heterocycles. The van der Waals surface area contributed by atoms with Crippen molar-refractivity contribution in [3.63, 3.8) is 0 Å². The molecule has 2 aromatic rings. The van der Waals surface area contributed by atoms with Gasteiger partial charge in [0.05, 0.1) is 0 Å². The van der Waals surface area contributed by atoms with Gasteiger partial charge in [0.2, 0.25) is 0 Å². The predicted molar refractivity (Wildman–Crippen MR) is 70.0 cm³/mol. The van der Waals surface area contributed by atoms with E-state index in [1.165, 1.54) is 42.1 Å². The summed E-state index contributed by atoms with van der Waals surface area (Å²) >= 11 is 1.36. The van der Waals surface area contributed by atoms with E-state index < -0.39 is 0 Å². The Morgan fingerprint density at radius 2 is 1.94 bits per heavy atom. The van der Waals surface area contributed by atoms with E-state index in [0.29, 0.717) is 5.56 Å². The molecule has 4 heteroatoms. The standard InChI is InChI=1S/C14H10FNOS/c15-12-6-4-11(5-7-12)13(17)8-10-18-14-3-1-2-9-16-14/h1-10H/b10-8+. The minimum Gasteiger partial charge on any atom is -0.289 e. The SMILES string of the molecule is O=C(/C=C/Sc1ccccn1)c1ccc(F)cc1. The molecule has 0 aliphatic rings. The Morgan fingerprint density at radius 3 is 2.61 bits per heavy atom. The lowest BCUT2D eigenvalue weighted by Crippen LogP contribution is -1.93. The fourth-order valence-corrected chi connectivity index (χ4v) is 1.90. The van der Waals surface area contributed by atoms with Gasteiger partial charge in [-0.1, -0.05) is 17.8 Å². The average molecular weight is 259 g/mol. The van der Waals surface area contributed by atoms with Gasteiger partial charge >= 0.3 is 0 Å². The first-order chi connectivity index (χ1) is 8.75. The zero-order valence-corrected chi connectivity index (χ0v) is 10.2. The number of thioether (sulfide) groups is 1. The third-order valence-corrected chi connectivity index (χ3v) is 2.93. The summed E-state index contributed by atoms with van der Waals surface area (Å²) in [5, 5.41) is 2.49. The molecule has 0 saturated carbocycles. The Hall–Kier alpha value is -1.94. The number of hydrogen-bond donors (Lipinski definition) is 0. The maximum absolute atomic E-state index is 12.7. The Kier molecular flexibility index (Phi) is 4.25. The molecule has 0 N–H and O–H groups in total. The normalized spacial score (nSPS) is 10.7. The highest BCUT2D eigenvalue weighted by Gasteiger charge is 2.01. The van der Waals surface area contributed by atoms with Crippen LogP contribution in [-0.2, 0) is 0 Å². The van der Waals surface area contributed by atoms with Crippen molar-refractivity contribution in [2.45, 2.75) is 5.03 Å². The molecule has 2 rings (SSSR count). The monoisotopic (exact) mass is 259 g/mol. The second kappa shape index (κ2) is 6.12. The van der Waals surface area contributed by atoms with Crippen molar-refractivity contribution in [1.82, 2.24) is 4.98 Å². The second-order valence-electron chi connectivity index (χ2n) is 3.46. The molecule has 0 atom stereocenters. The quantitative estimate of drug-likeness (QED) is 0.476. The number of carbonyl (C=O) groups excluding carboxylic acids is 1. The molecule has 1 aromatic carbocycles. The van der Waals surface area contributed by atoms with E-state index >= 15 is 0 Å². The third kappa shape index (κ3) is 3.53. The molecule has 2 nitrogen and oxygen atoms in total. The summed E-state index contributed by atoms with van der Waals surface area (Å²) in [4.78, 5) is 15.8. The van der Waals surface area contributed by atoms with Crippen molar-refractivity contribution in [2.75, 3.05) is 0 Å². The number of allylic oxidation sites excluding steroid dienone is 1. The van der Waals surface area contributed by atoms with Crippen molar-refractivity contribution in [3.8, 4) is 0 Å². The van der Waals surface area contributed by atoms with Crippen LogP contribution in [0.2, 0.25) is 0 Å². The highest BCUT2D eigenvalue weighted by atomic mass is 32.2. The van der Waals surface area contributed by atoms with E-state index in [9.17, 15) is 9.18 Å². The van der Waals surface area contributed by atoms with E-state index in [2.05, 4.69) is 4.98 Å². The summed E-state index contributed by atoms with van der Waals surface area (Å²) in [6.45, 7) is 0. The zero-order valence-electron chi connectivity index (χ0n) is 9.42. The van der Waals surface area contributed by atoms with Gasteiger partial charge in [0, 0.05) is 11.8 Å². The van der Waals surface area contributed by atoms with Gasteiger partial charge in [-0.15, -0.1) is 0 Å². The first-order valence-electron chi connectivity index (χ1n) is 5.30. The lowest BCUT2D eigenvalue weighted by molar-refractivity contribution is 0.104. The lowest BCUT2D eigenvalue weighted by Gasteiger charge is -1.95. The van der Waals surface area contributed by atoms with Crippen LogP contribution in [0.1, 0.15) is 10.4 Å². The van der Waals surface area contributed by atoms with Gasteiger partial charge in [0.15, 0.2) is 5.78 Å². The van der Waals surface area contributed by atoms with E-state index in [1.54, 1.807) is 11.6 Å². The van der Waals surface area contributed by atoms with Crippen LogP contribution in [0.5, 0.6) is 0 Å². The molecule has 1 aromatic heterocycles. The molecule has 1 heterocycles. The van der Waals surface area contributed by atoms with Crippen LogP contribution in [-0.4, -0.2) is 10.8 Å². The van der Waals surface area contributed by atoms with Crippen LogP contribution in [0.4, 0.5) is 4.39 Å². The fourth-order valence-electron chi connectivity index (χ4n) is 1.29. The number of rotatable bonds is 4. The molecule has 18 heavy (non-hydrogen) atoms. The third-order valence-electron chi connectivity index (χ3n) is 2.17. The summed E-state index contributed by atoms with van der Waals surface area (Å²) in [7, 11) is 0. The molecule has 0 spiro atoms. The minimum atomic E-state index is -0.349. The fraction of sp³-hybridized carbons (Fsp3) is 0. The Bertz CT molecular complexity index is 552. The van der Waals surface area contributed by atoms with Gasteiger partial charge < -0.3 is 0 Å². The summed E-state index contributed by atoms with van der Waals surface area (Å²) in [5.74, 6) is -0.503. The first-order valence-corrected chi connectivity index (χ1v) is 6.18. The summed E-state index contributed by atoms with van der Waals surface area (Å²) < 4.78 is 12.7. The first kappa shape index (κ1) is 12.5. The van der Waals surface area contributed by atoms with Crippen molar-refractivity contribution in [2.24, 2.45) is 0 Å². The maximum Gasteiger partial charge on any atom is 0.186 e. The molecule has 0 amide bonds. The Balaban J connectivity index is 1.97. The minimum absolute atomic E-state index is 0.154. The molecule has 0 radical (unpaired) electrons. The molecular weight excluding hydrogens is 249 g/mol. The van der Waals surface area contributed by atoms with E-state index in [0.717, 1.165) is 5.03 Å². The van der Waals surface area contributed by atoms with Crippen molar-refractivity contribution < 1.29 is 9.18 Å². The lowest BCUT2D eigenvalue weighted by atomic mass is 10.1. The number of hydrogen-bond acceptors (Lipinski definition) is 3. The molecule has 0 aliphatic carbocycles. The summed E-state index contributed by atoms with van der Waals surface area (Å²) in [6.07, 6.45) is 3.14. The highest BCUT2D eigenvalue weighted by Crippen LogP contribution is 2.15. The van der Waals surface area contributed by atoms with Gasteiger partial charge in [0.25, 0.3) is 0 Å². The molecule has 0 aliphatic heterocycles. The smallest absolute Gasteiger partial charge is 0.186 e. The van der Waals surface area contributed by atoms with Gasteiger partial charge in [-0.25, -0.2) is 9.37 Å². The van der Waals surface area contributed by atoms with Crippen LogP contribution in [0, 0.1) is 5.82 Å². The number of ketones is 1. The van der Waals surface area contributed by atoms with Gasteiger partial charge in [-0.2, -0.15) is 0 Å². The zero-order chi connectivity index (χ0) is 12.8. The van der Waals surface area contributed by atoms with Crippen molar-refractivity contribution in [1.29, 1.82) is 0 Å². The van der Waals surface area contributed by atoms with Crippen molar-refractivity contribution in [3.05, 3.63) is 71.5 Å². The number of carbonyl (C=O) groups is 1. The average Bonchev–Trinajstić information content (AvgIpc) is 2.40. The molecular formula is C14H10FNOS. The molecule has 0 bridgehead atoms. The summed E-state index contributed by atoms with van der Waals surface area (Å²) in [6, 6.07) is 11.0. The Morgan fingerprint density at radius 1 is 1.17 bits per heavy atom. The summed E-state index contributed by atoms with van der Waals surface area (Å²) in [5.41, 5.74) is 0.467. The van der Waals surface area contributed by atoms with Crippen LogP contribution >= 0.6 is 11.8 Å². The Labute approximate surface area is 109 Å². The predicted octanol–water partition coefficient (Wildman–Crippen LogP) is 3.71. The highest BCUT2D eigenvalue weighted by molar-refractivity contribution is 8.02. The van der Waals surface area contributed by atoms with Gasteiger partial charge in [-0.05, 0) is 47.9 Å². The molecule has 0 fully saturated rings. The van der Waals surface area contributed by atoms with E-state index in [1.807, 2.05) is 18.2 Å². The maximum atomic E-state index is 12.7. The van der Waals surface area contributed by atoms with E-state index in [4.69, 9.17) is 0 Å².